The van der Waals surface area contributed by atoms with E-state index in [-0.39, 0.29) is 12.3 Å². The van der Waals surface area contributed by atoms with Gasteiger partial charge in [-0.25, -0.2) is 5.06 Å². The van der Waals surface area contributed by atoms with E-state index in [4.69, 9.17) is 4.84 Å². The first-order valence-electron chi connectivity index (χ1n) is 5.91. The fourth-order valence-electron chi connectivity index (χ4n) is 2.07. The largest absolute Gasteiger partial charge is 0.292 e. The van der Waals surface area contributed by atoms with Crippen LogP contribution in [0.2, 0.25) is 0 Å². The summed E-state index contributed by atoms with van der Waals surface area (Å²) in [6.45, 7) is 0.791. The van der Waals surface area contributed by atoms with Gasteiger partial charge in [0.1, 0.15) is 13.2 Å². The van der Waals surface area contributed by atoms with Crippen molar-refractivity contribution in [2.45, 2.75) is 6.61 Å². The third kappa shape index (κ3) is 2.00. The third-order valence-electron chi connectivity index (χ3n) is 3.02. The number of Topliss-reactive ketones (excluding diaryl/α,β-unsaturated/α-hetero) is 1. The van der Waals surface area contributed by atoms with Crippen LogP contribution in [-0.4, -0.2) is 12.3 Å². The van der Waals surface area contributed by atoms with Crippen LogP contribution >= 0.6 is 0 Å². The minimum Gasteiger partial charge on any atom is -0.292 e. The molecule has 0 atom stereocenters. The summed E-state index contributed by atoms with van der Waals surface area (Å²) in [7, 11) is 0. The standard InChI is InChI=1S/C15H13NO2/c17-15(12-6-2-1-3-7-12)10-16-14-9-5-4-8-13(14)11-18-16/h1-9H,10-11H2. The fraction of sp³-hybridized carbons (Fsp3) is 0.133. The van der Waals surface area contributed by atoms with E-state index in [1.54, 1.807) is 5.06 Å². The quantitative estimate of drug-likeness (QED) is 0.771. The van der Waals surface area contributed by atoms with Crippen LogP contribution < -0.4 is 5.06 Å². The van der Waals surface area contributed by atoms with Gasteiger partial charge in [-0.1, -0.05) is 48.5 Å². The Morgan fingerprint density at radius 1 is 1.06 bits per heavy atom. The lowest BCUT2D eigenvalue weighted by molar-refractivity contribution is 0.0866. The molecule has 1 heterocycles. The lowest BCUT2D eigenvalue weighted by atomic mass is 10.1. The first-order chi connectivity index (χ1) is 8.84. The predicted molar refractivity (Wildman–Crippen MR) is 69.3 cm³/mol. The molecule has 0 radical (unpaired) electrons. The zero-order valence-electron chi connectivity index (χ0n) is 9.87. The molecule has 0 N–H and O–H groups in total. The van der Waals surface area contributed by atoms with Gasteiger partial charge in [-0.05, 0) is 6.07 Å². The Morgan fingerprint density at radius 3 is 2.61 bits per heavy atom. The summed E-state index contributed by atoms with van der Waals surface area (Å²) >= 11 is 0. The van der Waals surface area contributed by atoms with Crippen LogP contribution in [0.25, 0.3) is 0 Å². The van der Waals surface area contributed by atoms with E-state index in [1.165, 1.54) is 0 Å². The number of benzene rings is 2. The van der Waals surface area contributed by atoms with Crippen LogP contribution in [0.4, 0.5) is 5.69 Å². The first-order valence-corrected chi connectivity index (χ1v) is 5.91. The van der Waals surface area contributed by atoms with E-state index in [0.29, 0.717) is 12.2 Å². The number of carbonyl (C=O) groups excluding carboxylic acids is 1. The third-order valence-corrected chi connectivity index (χ3v) is 3.02. The highest BCUT2D eigenvalue weighted by Gasteiger charge is 2.22. The van der Waals surface area contributed by atoms with Gasteiger partial charge < -0.3 is 0 Å². The second-order valence-corrected chi connectivity index (χ2v) is 4.23. The highest BCUT2D eigenvalue weighted by atomic mass is 16.7. The van der Waals surface area contributed by atoms with Gasteiger partial charge in [0.2, 0.25) is 0 Å². The van der Waals surface area contributed by atoms with Crippen molar-refractivity contribution >= 4 is 11.5 Å². The number of hydrogen-bond donors (Lipinski definition) is 0. The molecule has 0 amide bonds. The number of nitrogens with zero attached hydrogens (tertiary/aromatic N) is 1. The zero-order valence-corrected chi connectivity index (χ0v) is 9.87. The molecule has 0 fully saturated rings. The molecule has 0 unspecified atom stereocenters. The van der Waals surface area contributed by atoms with E-state index in [2.05, 4.69) is 0 Å². The minimum atomic E-state index is 0.0623. The van der Waals surface area contributed by atoms with E-state index in [9.17, 15) is 4.79 Å². The van der Waals surface area contributed by atoms with Gasteiger partial charge in [0.25, 0.3) is 0 Å². The van der Waals surface area contributed by atoms with Crippen molar-refractivity contribution in [1.29, 1.82) is 0 Å². The van der Waals surface area contributed by atoms with E-state index < -0.39 is 0 Å². The van der Waals surface area contributed by atoms with Crippen molar-refractivity contribution in [1.82, 2.24) is 0 Å². The number of anilines is 1. The van der Waals surface area contributed by atoms with Crippen LogP contribution in [0, 0.1) is 0 Å². The lowest BCUT2D eigenvalue weighted by Gasteiger charge is -2.16. The van der Waals surface area contributed by atoms with E-state index in [0.717, 1.165) is 11.3 Å². The number of carbonyl (C=O) groups is 1. The monoisotopic (exact) mass is 239 g/mol. The molecule has 18 heavy (non-hydrogen) atoms. The number of hydroxylamine groups is 1. The van der Waals surface area contributed by atoms with Gasteiger partial charge in [-0.3, -0.25) is 9.63 Å². The minimum absolute atomic E-state index is 0.0623. The number of ketones is 1. The second kappa shape index (κ2) is 4.63. The van der Waals surface area contributed by atoms with Crippen molar-refractivity contribution in [3.63, 3.8) is 0 Å². The van der Waals surface area contributed by atoms with E-state index in [1.807, 2.05) is 54.6 Å². The molecule has 0 aliphatic carbocycles. The van der Waals surface area contributed by atoms with Crippen LogP contribution in [0.15, 0.2) is 54.6 Å². The van der Waals surface area contributed by atoms with Crippen molar-refractivity contribution < 1.29 is 9.63 Å². The maximum Gasteiger partial charge on any atom is 0.184 e. The molecular formula is C15H13NO2. The highest BCUT2D eigenvalue weighted by molar-refractivity contribution is 5.99. The topological polar surface area (TPSA) is 29.5 Å². The average molecular weight is 239 g/mol. The maximum atomic E-state index is 12.1. The van der Waals surface area contributed by atoms with Crippen molar-refractivity contribution in [3.05, 3.63) is 65.7 Å². The molecule has 0 saturated carbocycles. The van der Waals surface area contributed by atoms with Gasteiger partial charge in [0.15, 0.2) is 5.78 Å². The number of hydrogen-bond acceptors (Lipinski definition) is 3. The van der Waals surface area contributed by atoms with Gasteiger partial charge in [-0.2, -0.15) is 0 Å². The molecule has 2 aromatic rings. The molecule has 0 spiro atoms. The Hall–Kier alpha value is -2.13. The summed E-state index contributed by atoms with van der Waals surface area (Å²) in [5, 5.41) is 1.67. The summed E-state index contributed by atoms with van der Waals surface area (Å²) in [4.78, 5) is 17.6. The van der Waals surface area contributed by atoms with Crippen molar-refractivity contribution in [3.8, 4) is 0 Å². The van der Waals surface area contributed by atoms with Gasteiger partial charge in [0.05, 0.1) is 5.69 Å². The van der Waals surface area contributed by atoms with Crippen LogP contribution in [-0.2, 0) is 11.4 Å². The Kier molecular flexibility index (Phi) is 2.82. The van der Waals surface area contributed by atoms with Gasteiger partial charge in [0, 0.05) is 11.1 Å². The predicted octanol–water partition coefficient (Wildman–Crippen LogP) is 2.82. The van der Waals surface area contributed by atoms with Crippen molar-refractivity contribution in [2.24, 2.45) is 0 Å². The molecular weight excluding hydrogens is 226 g/mol. The second-order valence-electron chi connectivity index (χ2n) is 4.23. The van der Waals surface area contributed by atoms with Crippen molar-refractivity contribution in [2.75, 3.05) is 11.6 Å². The molecule has 90 valence electrons. The number of fused-ring (bicyclic) bond motifs is 1. The normalized spacial score (nSPS) is 13.4. The molecule has 0 aromatic heterocycles. The molecule has 0 saturated heterocycles. The van der Waals surface area contributed by atoms with Gasteiger partial charge in [-0.15, -0.1) is 0 Å². The number of para-hydroxylation sites is 1. The molecule has 3 nitrogen and oxygen atoms in total. The Balaban J connectivity index is 1.77. The summed E-state index contributed by atoms with van der Waals surface area (Å²) in [6.07, 6.45) is 0. The molecule has 3 rings (SSSR count). The van der Waals surface area contributed by atoms with E-state index >= 15 is 0 Å². The Morgan fingerprint density at radius 2 is 1.78 bits per heavy atom. The first kappa shape index (κ1) is 11.0. The molecule has 0 bridgehead atoms. The lowest BCUT2D eigenvalue weighted by Crippen LogP contribution is -2.26. The SMILES string of the molecule is O=C(CN1OCc2ccccc21)c1ccccc1. The Labute approximate surface area is 106 Å². The molecule has 1 aliphatic rings. The Bertz CT molecular complexity index is 566. The van der Waals surface area contributed by atoms with Crippen LogP contribution in [0.1, 0.15) is 15.9 Å². The van der Waals surface area contributed by atoms with Crippen LogP contribution in [0.5, 0.6) is 0 Å². The summed E-state index contributed by atoms with van der Waals surface area (Å²) in [6, 6.07) is 17.2. The average Bonchev–Trinajstić information content (AvgIpc) is 2.83. The maximum absolute atomic E-state index is 12.1. The molecule has 1 aliphatic heterocycles. The summed E-state index contributed by atoms with van der Waals surface area (Å²) < 4.78 is 0. The van der Waals surface area contributed by atoms with Gasteiger partial charge >= 0.3 is 0 Å². The summed E-state index contributed by atoms with van der Waals surface area (Å²) in [5.74, 6) is 0.0623. The smallest absolute Gasteiger partial charge is 0.184 e. The molecule has 2 aromatic carbocycles. The number of rotatable bonds is 3. The fourth-order valence-corrected chi connectivity index (χ4v) is 2.07. The highest BCUT2D eigenvalue weighted by Crippen LogP contribution is 2.28. The summed E-state index contributed by atoms with van der Waals surface area (Å²) in [5.41, 5.74) is 2.82. The molecule has 3 heteroatoms. The van der Waals surface area contributed by atoms with Crippen LogP contribution in [0.3, 0.4) is 0 Å². The zero-order chi connectivity index (χ0) is 12.4.